The maximum absolute atomic E-state index is 11.7. The van der Waals surface area contributed by atoms with Gasteiger partial charge in [-0.1, -0.05) is 18.9 Å². The summed E-state index contributed by atoms with van der Waals surface area (Å²) in [4.78, 5) is 24.1. The van der Waals surface area contributed by atoms with Crippen LogP contribution in [0, 0.1) is 0 Å². The number of rotatable bonds is 5. The minimum atomic E-state index is -0.205. The smallest absolute Gasteiger partial charge is 0.307 e. The summed E-state index contributed by atoms with van der Waals surface area (Å²) >= 11 is 1.39. The van der Waals surface area contributed by atoms with Crippen molar-refractivity contribution in [1.29, 1.82) is 0 Å². The van der Waals surface area contributed by atoms with Gasteiger partial charge in [-0.05, 0) is 37.1 Å². The first-order valence-corrected chi connectivity index (χ1v) is 8.15. The molecule has 0 saturated heterocycles. The molecule has 5 heteroatoms. The number of carbonyl (C=O) groups is 2. The van der Waals surface area contributed by atoms with E-state index in [9.17, 15) is 9.59 Å². The van der Waals surface area contributed by atoms with Crippen LogP contribution in [0.15, 0.2) is 17.5 Å². The largest absolute Gasteiger partial charge is 0.462 e. The van der Waals surface area contributed by atoms with Gasteiger partial charge >= 0.3 is 5.97 Å². The van der Waals surface area contributed by atoms with E-state index in [1.165, 1.54) is 24.2 Å². The van der Waals surface area contributed by atoms with Gasteiger partial charge in [0, 0.05) is 6.54 Å². The van der Waals surface area contributed by atoms with E-state index in [0.29, 0.717) is 11.4 Å². The second-order valence-electron chi connectivity index (χ2n) is 5.09. The van der Waals surface area contributed by atoms with Crippen LogP contribution in [-0.2, 0) is 9.53 Å². The molecule has 1 saturated carbocycles. The zero-order valence-corrected chi connectivity index (χ0v) is 12.4. The number of hydrogen-bond donors (Lipinski definition) is 1. The first-order chi connectivity index (χ1) is 9.75. The SMILES string of the molecule is O=C(CCNC(=O)c1cccs1)OC1CCCCCC1. The molecule has 1 aromatic heterocycles. The van der Waals surface area contributed by atoms with E-state index >= 15 is 0 Å². The van der Waals surface area contributed by atoms with Crippen molar-refractivity contribution in [2.24, 2.45) is 0 Å². The Morgan fingerprint density at radius 2 is 2.00 bits per heavy atom. The summed E-state index contributed by atoms with van der Waals surface area (Å²) in [5.41, 5.74) is 0. The van der Waals surface area contributed by atoms with Gasteiger partial charge in [0.1, 0.15) is 6.10 Å². The lowest BCUT2D eigenvalue weighted by Crippen LogP contribution is -2.27. The molecule has 0 aromatic carbocycles. The quantitative estimate of drug-likeness (QED) is 0.670. The zero-order chi connectivity index (χ0) is 14.2. The number of amides is 1. The number of ether oxygens (including phenoxy) is 1. The normalized spacial score (nSPS) is 16.4. The second-order valence-corrected chi connectivity index (χ2v) is 6.03. The molecule has 0 unspecified atom stereocenters. The maximum Gasteiger partial charge on any atom is 0.307 e. The standard InChI is InChI=1S/C15H21NO3S/c17-14(19-12-6-3-1-2-4-7-12)9-10-16-15(18)13-8-5-11-20-13/h5,8,11-12H,1-4,6-7,9-10H2,(H,16,18). The summed E-state index contributed by atoms with van der Waals surface area (Å²) in [7, 11) is 0. The van der Waals surface area contributed by atoms with Crippen LogP contribution in [0.1, 0.15) is 54.6 Å². The molecule has 1 amide bonds. The van der Waals surface area contributed by atoms with Gasteiger partial charge in [0.2, 0.25) is 0 Å². The number of hydrogen-bond acceptors (Lipinski definition) is 4. The average molecular weight is 295 g/mol. The average Bonchev–Trinajstić information content (AvgIpc) is 2.85. The Bertz CT molecular complexity index is 422. The van der Waals surface area contributed by atoms with Crippen LogP contribution in [-0.4, -0.2) is 24.5 Å². The van der Waals surface area contributed by atoms with E-state index in [2.05, 4.69) is 5.32 Å². The van der Waals surface area contributed by atoms with Gasteiger partial charge in [0.25, 0.3) is 5.91 Å². The van der Waals surface area contributed by atoms with Gasteiger partial charge in [-0.25, -0.2) is 0 Å². The van der Waals surface area contributed by atoms with Crippen molar-refractivity contribution in [1.82, 2.24) is 5.32 Å². The molecule has 1 N–H and O–H groups in total. The molecule has 1 fully saturated rings. The zero-order valence-electron chi connectivity index (χ0n) is 11.6. The van der Waals surface area contributed by atoms with Gasteiger partial charge in [-0.2, -0.15) is 0 Å². The Kier molecular flexibility index (Phi) is 6.05. The van der Waals surface area contributed by atoms with Gasteiger partial charge in [0.15, 0.2) is 0 Å². The highest BCUT2D eigenvalue weighted by molar-refractivity contribution is 7.12. The molecule has 20 heavy (non-hydrogen) atoms. The lowest BCUT2D eigenvalue weighted by molar-refractivity contribution is -0.149. The van der Waals surface area contributed by atoms with Crippen molar-refractivity contribution < 1.29 is 14.3 Å². The van der Waals surface area contributed by atoms with Crippen molar-refractivity contribution in [2.45, 2.75) is 51.0 Å². The molecule has 2 rings (SSSR count). The summed E-state index contributed by atoms with van der Waals surface area (Å²) in [6.45, 7) is 0.336. The third kappa shape index (κ3) is 4.96. The Morgan fingerprint density at radius 3 is 2.65 bits per heavy atom. The number of esters is 1. The van der Waals surface area contributed by atoms with Gasteiger partial charge in [-0.15, -0.1) is 11.3 Å². The molecule has 0 radical (unpaired) electrons. The Morgan fingerprint density at radius 1 is 1.25 bits per heavy atom. The topological polar surface area (TPSA) is 55.4 Å². The summed E-state index contributed by atoms with van der Waals surface area (Å²) in [5.74, 6) is -0.328. The number of carbonyl (C=O) groups excluding carboxylic acids is 2. The maximum atomic E-state index is 11.7. The van der Waals surface area contributed by atoms with Gasteiger partial charge in [-0.3, -0.25) is 9.59 Å². The molecule has 4 nitrogen and oxygen atoms in total. The van der Waals surface area contributed by atoms with Crippen molar-refractivity contribution >= 4 is 23.2 Å². The van der Waals surface area contributed by atoms with Crippen LogP contribution in [0.25, 0.3) is 0 Å². The summed E-state index contributed by atoms with van der Waals surface area (Å²) < 4.78 is 5.46. The Balaban J connectivity index is 1.63. The third-order valence-corrected chi connectivity index (χ3v) is 4.33. The van der Waals surface area contributed by atoms with Crippen LogP contribution in [0.5, 0.6) is 0 Å². The third-order valence-electron chi connectivity index (χ3n) is 3.46. The molecule has 0 bridgehead atoms. The van der Waals surface area contributed by atoms with E-state index in [4.69, 9.17) is 4.74 Å². The van der Waals surface area contributed by atoms with E-state index in [-0.39, 0.29) is 24.4 Å². The summed E-state index contributed by atoms with van der Waals surface area (Å²) in [6.07, 6.45) is 7.06. The summed E-state index contributed by atoms with van der Waals surface area (Å²) in [6, 6.07) is 3.60. The van der Waals surface area contributed by atoms with Crippen molar-refractivity contribution in [3.05, 3.63) is 22.4 Å². The van der Waals surface area contributed by atoms with Crippen LogP contribution in [0.3, 0.4) is 0 Å². The van der Waals surface area contributed by atoms with Crippen molar-refractivity contribution in [2.75, 3.05) is 6.54 Å². The molecular formula is C15H21NO3S. The minimum absolute atomic E-state index is 0.0815. The summed E-state index contributed by atoms with van der Waals surface area (Å²) in [5, 5.41) is 4.59. The molecule has 0 aliphatic heterocycles. The molecule has 1 aromatic rings. The lowest BCUT2D eigenvalue weighted by Gasteiger charge is -2.15. The highest BCUT2D eigenvalue weighted by atomic mass is 32.1. The van der Waals surface area contributed by atoms with Gasteiger partial charge < -0.3 is 10.1 Å². The first-order valence-electron chi connectivity index (χ1n) is 7.27. The fourth-order valence-electron chi connectivity index (χ4n) is 2.38. The highest BCUT2D eigenvalue weighted by Gasteiger charge is 2.16. The van der Waals surface area contributed by atoms with Crippen LogP contribution in [0.4, 0.5) is 0 Å². The molecule has 1 aliphatic carbocycles. The second kappa shape index (κ2) is 8.04. The first kappa shape index (κ1) is 15.0. The van der Waals surface area contributed by atoms with Crippen LogP contribution >= 0.6 is 11.3 Å². The van der Waals surface area contributed by atoms with Crippen molar-refractivity contribution in [3.8, 4) is 0 Å². The monoisotopic (exact) mass is 295 g/mol. The minimum Gasteiger partial charge on any atom is -0.462 e. The number of thiophene rings is 1. The van der Waals surface area contributed by atoms with E-state index in [0.717, 1.165) is 25.7 Å². The molecule has 110 valence electrons. The predicted molar refractivity (Wildman–Crippen MR) is 78.9 cm³/mol. The molecule has 0 atom stereocenters. The predicted octanol–water partition coefficient (Wildman–Crippen LogP) is 3.13. The molecular weight excluding hydrogens is 274 g/mol. The molecule has 0 spiro atoms. The fraction of sp³-hybridized carbons (Fsp3) is 0.600. The lowest BCUT2D eigenvalue weighted by atomic mass is 10.1. The van der Waals surface area contributed by atoms with E-state index in [1.807, 2.05) is 11.4 Å². The van der Waals surface area contributed by atoms with Crippen LogP contribution < -0.4 is 5.32 Å². The Labute approximate surface area is 123 Å². The Hall–Kier alpha value is -1.36. The molecule has 1 aliphatic rings. The van der Waals surface area contributed by atoms with Crippen LogP contribution in [0.2, 0.25) is 0 Å². The number of nitrogens with one attached hydrogen (secondary N) is 1. The molecule has 1 heterocycles. The fourth-order valence-corrected chi connectivity index (χ4v) is 3.02. The highest BCUT2D eigenvalue weighted by Crippen LogP contribution is 2.20. The van der Waals surface area contributed by atoms with E-state index < -0.39 is 0 Å². The van der Waals surface area contributed by atoms with Gasteiger partial charge in [0.05, 0.1) is 11.3 Å². The van der Waals surface area contributed by atoms with E-state index in [1.54, 1.807) is 6.07 Å². The van der Waals surface area contributed by atoms with Crippen molar-refractivity contribution in [3.63, 3.8) is 0 Å².